The summed E-state index contributed by atoms with van der Waals surface area (Å²) >= 11 is 6.16. The molecule has 0 bridgehead atoms. The first-order valence-electron chi connectivity index (χ1n) is 6.20. The summed E-state index contributed by atoms with van der Waals surface area (Å²) in [5, 5.41) is 4.20. The largest absolute Gasteiger partial charge is 0.493 e. The van der Waals surface area contributed by atoms with Crippen LogP contribution in [0.3, 0.4) is 0 Å². The van der Waals surface area contributed by atoms with E-state index in [2.05, 4.69) is 10.2 Å². The second kappa shape index (κ2) is 4.84. The molecular weight excluding hydrogens is 236 g/mol. The molecule has 0 atom stereocenters. The van der Waals surface area contributed by atoms with Crippen molar-refractivity contribution in [3.05, 3.63) is 28.3 Å². The first kappa shape index (κ1) is 11.3. The van der Waals surface area contributed by atoms with Crippen molar-refractivity contribution in [2.45, 2.75) is 13.0 Å². The van der Waals surface area contributed by atoms with Crippen molar-refractivity contribution in [2.24, 2.45) is 0 Å². The van der Waals surface area contributed by atoms with E-state index in [0.717, 1.165) is 56.5 Å². The molecule has 2 aliphatic heterocycles. The molecular formula is C13H17ClN2O. The molecule has 1 fully saturated rings. The summed E-state index contributed by atoms with van der Waals surface area (Å²) in [7, 11) is 0. The zero-order chi connectivity index (χ0) is 11.7. The molecule has 2 aliphatic rings. The Hall–Kier alpha value is -0.770. The Bertz CT molecular complexity index is 416. The van der Waals surface area contributed by atoms with Gasteiger partial charge in [-0.05, 0) is 17.7 Å². The molecule has 17 heavy (non-hydrogen) atoms. The predicted molar refractivity (Wildman–Crippen MR) is 68.8 cm³/mol. The summed E-state index contributed by atoms with van der Waals surface area (Å²) in [4.78, 5) is 2.45. The molecule has 1 aromatic rings. The van der Waals surface area contributed by atoms with Crippen molar-refractivity contribution >= 4 is 11.6 Å². The van der Waals surface area contributed by atoms with Gasteiger partial charge in [-0.2, -0.15) is 0 Å². The smallest absolute Gasteiger partial charge is 0.127 e. The highest BCUT2D eigenvalue weighted by atomic mass is 35.5. The van der Waals surface area contributed by atoms with Crippen LogP contribution in [0, 0.1) is 0 Å². The van der Waals surface area contributed by atoms with Gasteiger partial charge in [-0.15, -0.1) is 0 Å². The fourth-order valence-corrected chi connectivity index (χ4v) is 2.84. The summed E-state index contributed by atoms with van der Waals surface area (Å²) in [5.74, 6) is 1.08. The van der Waals surface area contributed by atoms with E-state index in [-0.39, 0.29) is 0 Å². The topological polar surface area (TPSA) is 24.5 Å². The zero-order valence-corrected chi connectivity index (χ0v) is 10.6. The molecule has 1 saturated heterocycles. The Morgan fingerprint density at radius 3 is 2.94 bits per heavy atom. The Labute approximate surface area is 107 Å². The molecule has 0 radical (unpaired) electrons. The van der Waals surface area contributed by atoms with Crippen molar-refractivity contribution in [3.8, 4) is 5.75 Å². The molecule has 0 spiro atoms. The van der Waals surface area contributed by atoms with Crippen molar-refractivity contribution in [1.29, 1.82) is 0 Å². The standard InChI is InChI=1S/C13H17ClN2O/c14-12-7-10-1-6-17-13(10)11(8-12)9-16-4-2-15-3-5-16/h7-8,15H,1-6,9H2. The average Bonchev–Trinajstić information content (AvgIpc) is 2.78. The fraction of sp³-hybridized carbons (Fsp3) is 0.538. The third-order valence-corrected chi connectivity index (χ3v) is 3.65. The number of piperazine rings is 1. The molecule has 2 heterocycles. The van der Waals surface area contributed by atoms with E-state index < -0.39 is 0 Å². The van der Waals surface area contributed by atoms with Gasteiger partial charge in [-0.25, -0.2) is 0 Å². The number of nitrogens with one attached hydrogen (secondary N) is 1. The molecule has 1 N–H and O–H groups in total. The lowest BCUT2D eigenvalue weighted by molar-refractivity contribution is 0.229. The van der Waals surface area contributed by atoms with Crippen molar-refractivity contribution < 1.29 is 4.74 Å². The first-order valence-corrected chi connectivity index (χ1v) is 6.58. The van der Waals surface area contributed by atoms with E-state index in [4.69, 9.17) is 16.3 Å². The highest BCUT2D eigenvalue weighted by Crippen LogP contribution is 2.33. The van der Waals surface area contributed by atoms with Crippen LogP contribution in [0.1, 0.15) is 11.1 Å². The molecule has 0 amide bonds. The Balaban J connectivity index is 1.82. The van der Waals surface area contributed by atoms with Crippen molar-refractivity contribution in [2.75, 3.05) is 32.8 Å². The van der Waals surface area contributed by atoms with E-state index in [9.17, 15) is 0 Å². The van der Waals surface area contributed by atoms with Crippen LogP contribution in [0.5, 0.6) is 5.75 Å². The molecule has 3 nitrogen and oxygen atoms in total. The van der Waals surface area contributed by atoms with Gasteiger partial charge in [0, 0.05) is 49.7 Å². The maximum atomic E-state index is 6.16. The second-order valence-corrected chi connectivity index (χ2v) is 5.11. The first-order chi connectivity index (χ1) is 8.33. The molecule has 0 unspecified atom stereocenters. The Kier molecular flexibility index (Phi) is 3.23. The molecule has 92 valence electrons. The highest BCUT2D eigenvalue weighted by molar-refractivity contribution is 6.30. The van der Waals surface area contributed by atoms with E-state index in [0.29, 0.717) is 0 Å². The number of fused-ring (bicyclic) bond motifs is 1. The average molecular weight is 253 g/mol. The van der Waals surface area contributed by atoms with Gasteiger partial charge >= 0.3 is 0 Å². The van der Waals surface area contributed by atoms with Gasteiger partial charge in [0.25, 0.3) is 0 Å². The van der Waals surface area contributed by atoms with Gasteiger partial charge < -0.3 is 10.1 Å². The number of hydrogen-bond acceptors (Lipinski definition) is 3. The monoisotopic (exact) mass is 252 g/mol. The fourth-order valence-electron chi connectivity index (χ4n) is 2.57. The quantitative estimate of drug-likeness (QED) is 0.867. The molecule has 0 aromatic heterocycles. The normalized spacial score (nSPS) is 20.1. The molecule has 0 saturated carbocycles. The summed E-state index contributed by atoms with van der Waals surface area (Å²) in [6.07, 6.45) is 0.991. The van der Waals surface area contributed by atoms with Crippen LogP contribution < -0.4 is 10.1 Å². The lowest BCUT2D eigenvalue weighted by atomic mass is 10.1. The number of benzene rings is 1. The lowest BCUT2D eigenvalue weighted by Gasteiger charge is -2.27. The van der Waals surface area contributed by atoms with E-state index in [1.807, 2.05) is 12.1 Å². The zero-order valence-electron chi connectivity index (χ0n) is 9.84. The summed E-state index contributed by atoms with van der Waals surface area (Å²) in [6, 6.07) is 4.08. The Morgan fingerprint density at radius 2 is 2.12 bits per heavy atom. The van der Waals surface area contributed by atoms with Crippen molar-refractivity contribution in [1.82, 2.24) is 10.2 Å². The number of ether oxygens (including phenoxy) is 1. The molecule has 3 rings (SSSR count). The third-order valence-electron chi connectivity index (χ3n) is 3.43. The summed E-state index contributed by atoms with van der Waals surface area (Å²) in [6.45, 7) is 6.09. The maximum absolute atomic E-state index is 6.16. The number of hydrogen-bond donors (Lipinski definition) is 1. The van der Waals surface area contributed by atoms with Gasteiger partial charge in [0.2, 0.25) is 0 Å². The van der Waals surface area contributed by atoms with Crippen LogP contribution in [0.15, 0.2) is 12.1 Å². The second-order valence-electron chi connectivity index (χ2n) is 4.68. The van der Waals surface area contributed by atoms with Crippen LogP contribution in [-0.4, -0.2) is 37.7 Å². The van der Waals surface area contributed by atoms with Crippen LogP contribution in [0.4, 0.5) is 0 Å². The van der Waals surface area contributed by atoms with Gasteiger partial charge in [-0.3, -0.25) is 4.90 Å². The predicted octanol–water partition coefficient (Wildman–Crippen LogP) is 1.68. The third kappa shape index (κ3) is 2.41. The molecule has 4 heteroatoms. The van der Waals surface area contributed by atoms with E-state index >= 15 is 0 Å². The van der Waals surface area contributed by atoms with E-state index in [1.54, 1.807) is 0 Å². The molecule has 1 aromatic carbocycles. The molecule has 0 aliphatic carbocycles. The SMILES string of the molecule is Clc1cc2c(c(CN3CCNCC3)c1)OCC2. The minimum Gasteiger partial charge on any atom is -0.493 e. The maximum Gasteiger partial charge on any atom is 0.127 e. The van der Waals surface area contributed by atoms with Gasteiger partial charge in [0.1, 0.15) is 5.75 Å². The van der Waals surface area contributed by atoms with Crippen LogP contribution in [-0.2, 0) is 13.0 Å². The van der Waals surface area contributed by atoms with Crippen LogP contribution in [0.2, 0.25) is 5.02 Å². The minimum atomic E-state index is 0.796. The summed E-state index contributed by atoms with van der Waals surface area (Å²) < 4.78 is 5.73. The minimum absolute atomic E-state index is 0.796. The van der Waals surface area contributed by atoms with Crippen LogP contribution in [0.25, 0.3) is 0 Å². The van der Waals surface area contributed by atoms with Gasteiger partial charge in [0.05, 0.1) is 6.61 Å². The highest BCUT2D eigenvalue weighted by Gasteiger charge is 2.19. The lowest BCUT2D eigenvalue weighted by Crippen LogP contribution is -2.42. The van der Waals surface area contributed by atoms with Crippen LogP contribution >= 0.6 is 11.6 Å². The number of halogens is 1. The van der Waals surface area contributed by atoms with E-state index in [1.165, 1.54) is 11.1 Å². The Morgan fingerprint density at radius 1 is 1.29 bits per heavy atom. The van der Waals surface area contributed by atoms with Gasteiger partial charge in [0.15, 0.2) is 0 Å². The van der Waals surface area contributed by atoms with Crippen molar-refractivity contribution in [3.63, 3.8) is 0 Å². The number of nitrogens with zero attached hydrogens (tertiary/aromatic N) is 1. The van der Waals surface area contributed by atoms with Gasteiger partial charge in [-0.1, -0.05) is 11.6 Å². The summed E-state index contributed by atoms with van der Waals surface area (Å²) in [5.41, 5.74) is 2.51. The number of rotatable bonds is 2.